The summed E-state index contributed by atoms with van der Waals surface area (Å²) < 4.78 is 5.92. The average molecular weight is 403 g/mol. The lowest BCUT2D eigenvalue weighted by atomic mass is 10.0. The monoisotopic (exact) mass is 402 g/mol. The summed E-state index contributed by atoms with van der Waals surface area (Å²) in [6.45, 7) is 5.84. The largest absolute Gasteiger partial charge is 0.487 e. The Morgan fingerprint density at radius 1 is 1.03 bits per heavy atom. The van der Waals surface area contributed by atoms with E-state index in [2.05, 4.69) is 48.0 Å². The zero-order valence-corrected chi connectivity index (χ0v) is 17.7. The van der Waals surface area contributed by atoms with Crippen molar-refractivity contribution in [2.45, 2.75) is 57.5 Å². The molecule has 3 aromatic rings. The molecule has 1 saturated heterocycles. The Morgan fingerprint density at radius 2 is 1.70 bits per heavy atom. The molecule has 4 rings (SSSR count). The fourth-order valence-electron chi connectivity index (χ4n) is 4.33. The molecular formula is C26H30N2O2. The maximum atomic E-state index is 11.3. The first-order valence-corrected chi connectivity index (χ1v) is 10.6. The first-order valence-electron chi connectivity index (χ1n) is 10.6. The lowest BCUT2D eigenvalue weighted by Gasteiger charge is -2.38. The molecular weight excluding hydrogens is 372 g/mol. The summed E-state index contributed by atoms with van der Waals surface area (Å²) >= 11 is 0. The molecule has 4 nitrogen and oxygen atoms in total. The van der Waals surface area contributed by atoms with E-state index in [0.29, 0.717) is 12.4 Å². The van der Waals surface area contributed by atoms with Crippen LogP contribution in [0.15, 0.2) is 79.1 Å². The maximum absolute atomic E-state index is 11.3. The molecule has 1 aliphatic rings. The SMILES string of the molecule is CC1(C)CCC([C@@H](O)c2cncc(OCc3ccccc3)c2)N1Cc1ccccc1. The lowest BCUT2D eigenvalue weighted by molar-refractivity contribution is 0.0273. The van der Waals surface area contributed by atoms with Gasteiger partial charge in [-0.2, -0.15) is 0 Å². The summed E-state index contributed by atoms with van der Waals surface area (Å²) in [5.41, 5.74) is 3.22. The number of aliphatic hydroxyl groups excluding tert-OH is 1. The summed E-state index contributed by atoms with van der Waals surface area (Å²) in [7, 11) is 0. The molecule has 4 heteroatoms. The zero-order chi connectivity index (χ0) is 21.0. The average Bonchev–Trinajstić information content (AvgIpc) is 3.07. The molecule has 0 amide bonds. The van der Waals surface area contributed by atoms with E-state index in [1.54, 1.807) is 12.4 Å². The molecule has 1 aliphatic heterocycles. The minimum atomic E-state index is -0.608. The van der Waals surface area contributed by atoms with Gasteiger partial charge < -0.3 is 9.84 Å². The van der Waals surface area contributed by atoms with Crippen LogP contribution in [0.5, 0.6) is 5.75 Å². The van der Waals surface area contributed by atoms with Crippen LogP contribution in [0.3, 0.4) is 0 Å². The summed E-state index contributed by atoms with van der Waals surface area (Å²) in [6, 6.07) is 22.5. The second-order valence-corrected chi connectivity index (χ2v) is 8.71. The Kier molecular flexibility index (Phi) is 6.16. The predicted molar refractivity (Wildman–Crippen MR) is 119 cm³/mol. The molecule has 1 N–H and O–H groups in total. The number of likely N-dealkylation sites (tertiary alicyclic amines) is 1. The van der Waals surface area contributed by atoms with Crippen LogP contribution in [0, 0.1) is 0 Å². The Hall–Kier alpha value is -2.69. The van der Waals surface area contributed by atoms with E-state index in [0.717, 1.165) is 30.5 Å². The molecule has 0 aliphatic carbocycles. The second kappa shape index (κ2) is 8.99. The van der Waals surface area contributed by atoms with Crippen LogP contribution >= 0.6 is 0 Å². The summed E-state index contributed by atoms with van der Waals surface area (Å²) in [6.07, 6.45) is 4.86. The van der Waals surface area contributed by atoms with Gasteiger partial charge in [-0.1, -0.05) is 60.7 Å². The van der Waals surface area contributed by atoms with Crippen LogP contribution in [0.2, 0.25) is 0 Å². The quantitative estimate of drug-likeness (QED) is 0.595. The molecule has 0 spiro atoms. The molecule has 156 valence electrons. The third-order valence-corrected chi connectivity index (χ3v) is 6.11. The standard InChI is InChI=1S/C26H30N2O2/c1-26(2)14-13-24(28(26)18-20-9-5-3-6-10-20)25(29)22-15-23(17-27-16-22)30-19-21-11-7-4-8-12-21/h3-12,15-17,24-25,29H,13-14,18-19H2,1-2H3/t24?,25-/m0/s1. The van der Waals surface area contributed by atoms with E-state index in [4.69, 9.17) is 4.74 Å². The van der Waals surface area contributed by atoms with Gasteiger partial charge in [0.25, 0.3) is 0 Å². The number of aromatic nitrogens is 1. The van der Waals surface area contributed by atoms with Gasteiger partial charge in [0.1, 0.15) is 12.4 Å². The highest BCUT2D eigenvalue weighted by atomic mass is 16.5. The van der Waals surface area contributed by atoms with E-state index >= 15 is 0 Å². The molecule has 30 heavy (non-hydrogen) atoms. The number of pyridine rings is 1. The fourth-order valence-corrected chi connectivity index (χ4v) is 4.33. The van der Waals surface area contributed by atoms with Crippen LogP contribution in [0.25, 0.3) is 0 Å². The Balaban J connectivity index is 1.49. The number of hydrogen-bond donors (Lipinski definition) is 1. The van der Waals surface area contributed by atoms with Crippen molar-refractivity contribution in [3.63, 3.8) is 0 Å². The van der Waals surface area contributed by atoms with Crippen LogP contribution in [0.4, 0.5) is 0 Å². The molecule has 0 radical (unpaired) electrons. The molecule has 1 unspecified atom stereocenters. The highest BCUT2D eigenvalue weighted by Crippen LogP contribution is 2.40. The number of hydrogen-bond acceptors (Lipinski definition) is 4. The van der Waals surface area contributed by atoms with Crippen LogP contribution < -0.4 is 4.74 Å². The van der Waals surface area contributed by atoms with E-state index in [9.17, 15) is 5.11 Å². The van der Waals surface area contributed by atoms with Gasteiger partial charge in [-0.05, 0) is 43.9 Å². The van der Waals surface area contributed by atoms with Crippen LogP contribution in [0.1, 0.15) is 49.5 Å². The van der Waals surface area contributed by atoms with Gasteiger partial charge in [0.05, 0.1) is 12.3 Å². The van der Waals surface area contributed by atoms with Crippen molar-refractivity contribution >= 4 is 0 Å². The lowest BCUT2D eigenvalue weighted by Crippen LogP contribution is -2.44. The molecule has 1 fully saturated rings. The molecule has 1 aromatic heterocycles. The van der Waals surface area contributed by atoms with Crippen molar-refractivity contribution < 1.29 is 9.84 Å². The van der Waals surface area contributed by atoms with Gasteiger partial charge in [0, 0.05) is 29.9 Å². The Morgan fingerprint density at radius 3 is 2.40 bits per heavy atom. The summed E-state index contributed by atoms with van der Waals surface area (Å²) in [5, 5.41) is 11.3. The third kappa shape index (κ3) is 4.72. The van der Waals surface area contributed by atoms with Gasteiger partial charge in [-0.3, -0.25) is 9.88 Å². The topological polar surface area (TPSA) is 45.6 Å². The number of ether oxygens (including phenoxy) is 1. The van der Waals surface area contributed by atoms with Gasteiger partial charge in [0.2, 0.25) is 0 Å². The predicted octanol–water partition coefficient (Wildman–Crippen LogP) is 5.14. The summed E-state index contributed by atoms with van der Waals surface area (Å²) in [5.74, 6) is 0.683. The van der Waals surface area contributed by atoms with Gasteiger partial charge in [-0.15, -0.1) is 0 Å². The number of rotatable bonds is 7. The first-order chi connectivity index (χ1) is 14.5. The van der Waals surface area contributed by atoms with Crippen molar-refractivity contribution in [3.8, 4) is 5.75 Å². The number of aliphatic hydroxyl groups is 1. The smallest absolute Gasteiger partial charge is 0.138 e. The Labute approximate surface area is 179 Å². The fraction of sp³-hybridized carbons (Fsp3) is 0.346. The van der Waals surface area contributed by atoms with E-state index in [1.807, 2.05) is 42.5 Å². The molecule has 0 bridgehead atoms. The summed E-state index contributed by atoms with van der Waals surface area (Å²) in [4.78, 5) is 6.77. The molecule has 2 heterocycles. The van der Waals surface area contributed by atoms with Gasteiger partial charge in [0.15, 0.2) is 0 Å². The highest BCUT2D eigenvalue weighted by molar-refractivity contribution is 5.27. The number of benzene rings is 2. The third-order valence-electron chi connectivity index (χ3n) is 6.11. The normalized spacial score (nSPS) is 19.5. The Bertz CT molecular complexity index is 944. The number of nitrogens with zero attached hydrogens (tertiary/aromatic N) is 2. The highest BCUT2D eigenvalue weighted by Gasteiger charge is 2.42. The van der Waals surface area contributed by atoms with Crippen molar-refractivity contribution in [2.24, 2.45) is 0 Å². The molecule has 0 saturated carbocycles. The van der Waals surface area contributed by atoms with E-state index in [1.165, 1.54) is 5.56 Å². The van der Waals surface area contributed by atoms with Crippen molar-refractivity contribution in [1.82, 2.24) is 9.88 Å². The van der Waals surface area contributed by atoms with Gasteiger partial charge in [-0.25, -0.2) is 0 Å². The maximum Gasteiger partial charge on any atom is 0.138 e. The molecule has 2 atom stereocenters. The molecule has 2 aromatic carbocycles. The first kappa shape index (κ1) is 20.6. The van der Waals surface area contributed by atoms with Crippen molar-refractivity contribution in [2.75, 3.05) is 0 Å². The van der Waals surface area contributed by atoms with Crippen LogP contribution in [-0.4, -0.2) is 26.6 Å². The van der Waals surface area contributed by atoms with E-state index in [-0.39, 0.29) is 11.6 Å². The zero-order valence-electron chi connectivity index (χ0n) is 17.7. The van der Waals surface area contributed by atoms with Gasteiger partial charge >= 0.3 is 0 Å². The minimum absolute atomic E-state index is 0.0380. The van der Waals surface area contributed by atoms with Crippen molar-refractivity contribution in [1.29, 1.82) is 0 Å². The van der Waals surface area contributed by atoms with E-state index < -0.39 is 6.10 Å². The van der Waals surface area contributed by atoms with Crippen molar-refractivity contribution in [3.05, 3.63) is 95.8 Å². The second-order valence-electron chi connectivity index (χ2n) is 8.71. The minimum Gasteiger partial charge on any atom is -0.487 e. The van der Waals surface area contributed by atoms with Crippen LogP contribution in [-0.2, 0) is 13.2 Å².